The van der Waals surface area contributed by atoms with Crippen molar-refractivity contribution in [1.82, 2.24) is 0 Å². The summed E-state index contributed by atoms with van der Waals surface area (Å²) in [6, 6.07) is 0. The zero-order valence-corrected chi connectivity index (χ0v) is 9.69. The first-order valence-corrected chi connectivity index (χ1v) is 5.14. The van der Waals surface area contributed by atoms with E-state index in [1.807, 2.05) is 0 Å². The quantitative estimate of drug-likeness (QED) is 0.679. The maximum Gasteiger partial charge on any atom is 0.271 e. The number of rotatable bonds is 1. The van der Waals surface area contributed by atoms with Crippen molar-refractivity contribution >= 4 is 5.78 Å². The van der Waals surface area contributed by atoms with E-state index in [2.05, 4.69) is 0 Å². The molecule has 0 amide bonds. The highest BCUT2D eigenvalue weighted by atomic mass is 19.3. The van der Waals surface area contributed by atoms with Crippen LogP contribution in [-0.4, -0.2) is 23.9 Å². The summed E-state index contributed by atoms with van der Waals surface area (Å²) in [5, 5.41) is 0. The molecule has 4 heteroatoms. The third-order valence-corrected chi connectivity index (χ3v) is 2.73. The lowest BCUT2D eigenvalue weighted by Gasteiger charge is -2.39. The van der Waals surface area contributed by atoms with Crippen molar-refractivity contribution in [2.75, 3.05) is 6.61 Å². The molecular formula is C11H18F2O2. The van der Waals surface area contributed by atoms with Crippen LogP contribution in [0.5, 0.6) is 0 Å². The fourth-order valence-corrected chi connectivity index (χ4v) is 1.80. The topological polar surface area (TPSA) is 26.3 Å². The Hall–Kier alpha value is -0.510. The summed E-state index contributed by atoms with van der Waals surface area (Å²) in [4.78, 5) is 12.0. The summed E-state index contributed by atoms with van der Waals surface area (Å²) in [6.45, 7) is 6.28. The molecular weight excluding hydrogens is 202 g/mol. The molecule has 0 saturated carbocycles. The largest absolute Gasteiger partial charge is 0.361 e. The van der Waals surface area contributed by atoms with Gasteiger partial charge in [-0.15, -0.1) is 0 Å². The van der Waals surface area contributed by atoms with Gasteiger partial charge in [0.05, 0.1) is 0 Å². The van der Waals surface area contributed by atoms with Crippen LogP contribution in [0.2, 0.25) is 0 Å². The van der Waals surface area contributed by atoms with Crippen LogP contribution in [0.4, 0.5) is 8.78 Å². The predicted molar refractivity (Wildman–Crippen MR) is 53.0 cm³/mol. The number of ketones is 1. The third-order valence-electron chi connectivity index (χ3n) is 2.73. The summed E-state index contributed by atoms with van der Waals surface area (Å²) in [7, 11) is 0. The molecule has 1 aliphatic rings. The average molecular weight is 220 g/mol. The third kappa shape index (κ3) is 2.74. The summed E-state index contributed by atoms with van der Waals surface area (Å²) in [6.07, 6.45) is -0.179. The highest BCUT2D eigenvalue weighted by Crippen LogP contribution is 2.38. The van der Waals surface area contributed by atoms with Crippen molar-refractivity contribution in [1.29, 1.82) is 0 Å². The first-order valence-electron chi connectivity index (χ1n) is 5.14. The van der Waals surface area contributed by atoms with Crippen molar-refractivity contribution in [2.24, 2.45) is 5.41 Å². The molecule has 88 valence electrons. The smallest absolute Gasteiger partial charge is 0.271 e. The lowest BCUT2D eigenvalue weighted by atomic mass is 9.77. The Balaban J connectivity index is 2.75. The van der Waals surface area contributed by atoms with E-state index in [-0.39, 0.29) is 18.6 Å². The maximum atomic E-state index is 12.9. The van der Waals surface area contributed by atoms with Gasteiger partial charge in [0, 0.05) is 11.8 Å². The van der Waals surface area contributed by atoms with Crippen LogP contribution in [0.15, 0.2) is 0 Å². The fraction of sp³-hybridized carbons (Fsp3) is 0.909. The van der Waals surface area contributed by atoms with Crippen molar-refractivity contribution in [3.63, 3.8) is 0 Å². The molecule has 15 heavy (non-hydrogen) atoms. The van der Waals surface area contributed by atoms with Crippen molar-refractivity contribution in [3.8, 4) is 0 Å². The molecule has 0 unspecified atom stereocenters. The number of halogens is 2. The Morgan fingerprint density at radius 2 is 1.80 bits per heavy atom. The molecule has 0 radical (unpaired) electrons. The van der Waals surface area contributed by atoms with Crippen LogP contribution in [0.25, 0.3) is 0 Å². The number of carbonyl (C=O) groups excluding carboxylic acids is 1. The van der Waals surface area contributed by atoms with Crippen LogP contribution in [0, 0.1) is 5.41 Å². The van der Waals surface area contributed by atoms with Gasteiger partial charge in [0.25, 0.3) is 5.92 Å². The fourth-order valence-electron chi connectivity index (χ4n) is 1.80. The van der Waals surface area contributed by atoms with E-state index >= 15 is 0 Å². The molecule has 1 heterocycles. The summed E-state index contributed by atoms with van der Waals surface area (Å²) >= 11 is 0. The lowest BCUT2D eigenvalue weighted by Crippen LogP contribution is -2.51. The molecule has 1 aliphatic heterocycles. The molecule has 0 aromatic carbocycles. The van der Waals surface area contributed by atoms with E-state index in [1.165, 1.54) is 0 Å². The second-order valence-electron chi connectivity index (χ2n) is 5.45. The van der Waals surface area contributed by atoms with Crippen molar-refractivity contribution < 1.29 is 18.3 Å². The van der Waals surface area contributed by atoms with Gasteiger partial charge in [-0.2, -0.15) is 0 Å². The molecule has 0 spiro atoms. The van der Waals surface area contributed by atoms with Gasteiger partial charge < -0.3 is 4.74 Å². The Bertz CT molecular complexity index is 256. The van der Waals surface area contributed by atoms with Gasteiger partial charge in [0.1, 0.15) is 12.2 Å². The van der Waals surface area contributed by atoms with E-state index in [1.54, 1.807) is 27.7 Å². The number of hydrogen-bond acceptors (Lipinski definition) is 2. The van der Waals surface area contributed by atoms with Gasteiger partial charge in [-0.3, -0.25) is 4.79 Å². The molecule has 1 atom stereocenters. The summed E-state index contributed by atoms with van der Waals surface area (Å²) in [5.41, 5.74) is -1.60. The SMILES string of the molecule is CC(C)(C)C(=O)[C@]1(C)CCC(F)(F)CO1. The van der Waals surface area contributed by atoms with Gasteiger partial charge in [-0.05, 0) is 13.3 Å². The van der Waals surface area contributed by atoms with Gasteiger partial charge in [0.15, 0.2) is 5.78 Å². The minimum Gasteiger partial charge on any atom is -0.361 e. The van der Waals surface area contributed by atoms with Crippen LogP contribution >= 0.6 is 0 Å². The number of ether oxygens (including phenoxy) is 1. The van der Waals surface area contributed by atoms with Gasteiger partial charge in [0.2, 0.25) is 0 Å². The van der Waals surface area contributed by atoms with Crippen LogP contribution < -0.4 is 0 Å². The summed E-state index contributed by atoms with van der Waals surface area (Å²) in [5.74, 6) is -2.89. The highest BCUT2D eigenvalue weighted by molar-refractivity contribution is 5.91. The van der Waals surface area contributed by atoms with E-state index in [9.17, 15) is 13.6 Å². The Labute approximate surface area is 89.0 Å². The number of hydrogen-bond donors (Lipinski definition) is 0. The Kier molecular flexibility index (Phi) is 2.94. The predicted octanol–water partition coefficient (Wildman–Crippen LogP) is 2.81. The first kappa shape index (κ1) is 12.6. The van der Waals surface area contributed by atoms with Gasteiger partial charge in [-0.1, -0.05) is 20.8 Å². The molecule has 1 saturated heterocycles. The second kappa shape index (κ2) is 3.51. The van der Waals surface area contributed by atoms with Crippen LogP contribution in [0.1, 0.15) is 40.5 Å². The molecule has 0 aromatic rings. The van der Waals surface area contributed by atoms with Crippen molar-refractivity contribution in [2.45, 2.75) is 52.1 Å². The normalized spacial score (nSPS) is 31.3. The van der Waals surface area contributed by atoms with E-state index in [0.29, 0.717) is 0 Å². The van der Waals surface area contributed by atoms with Crippen LogP contribution in [-0.2, 0) is 9.53 Å². The Morgan fingerprint density at radius 3 is 2.13 bits per heavy atom. The Morgan fingerprint density at radius 1 is 1.27 bits per heavy atom. The zero-order chi connectivity index (χ0) is 11.9. The van der Waals surface area contributed by atoms with Crippen molar-refractivity contribution in [3.05, 3.63) is 0 Å². The number of carbonyl (C=O) groups is 1. The molecule has 0 aromatic heterocycles. The lowest BCUT2D eigenvalue weighted by molar-refractivity contribution is -0.192. The average Bonchev–Trinajstić information content (AvgIpc) is 2.08. The number of alkyl halides is 2. The maximum absolute atomic E-state index is 12.9. The zero-order valence-electron chi connectivity index (χ0n) is 9.69. The minimum absolute atomic E-state index is 0.0934. The summed E-state index contributed by atoms with van der Waals surface area (Å²) < 4.78 is 30.8. The number of Topliss-reactive ketones (excluding diaryl/α,β-unsaturated/α-hetero) is 1. The van der Waals surface area contributed by atoms with Gasteiger partial charge >= 0.3 is 0 Å². The molecule has 0 bridgehead atoms. The van der Waals surface area contributed by atoms with Crippen LogP contribution in [0.3, 0.4) is 0 Å². The molecule has 0 N–H and O–H groups in total. The molecule has 0 aliphatic carbocycles. The standard InChI is InChI=1S/C11H18F2O2/c1-9(2,3)8(14)10(4)5-6-11(12,13)7-15-10/h5-7H2,1-4H3/t10-/m0/s1. The van der Waals surface area contributed by atoms with E-state index in [0.717, 1.165) is 0 Å². The molecule has 1 rings (SSSR count). The molecule has 1 fully saturated rings. The second-order valence-corrected chi connectivity index (χ2v) is 5.45. The first-order chi connectivity index (χ1) is 6.57. The van der Waals surface area contributed by atoms with E-state index in [4.69, 9.17) is 4.74 Å². The van der Waals surface area contributed by atoms with E-state index < -0.39 is 23.5 Å². The molecule has 2 nitrogen and oxygen atoms in total. The minimum atomic E-state index is -2.78. The monoisotopic (exact) mass is 220 g/mol. The van der Waals surface area contributed by atoms with Gasteiger partial charge in [-0.25, -0.2) is 8.78 Å². The highest BCUT2D eigenvalue weighted by Gasteiger charge is 2.48.